The summed E-state index contributed by atoms with van der Waals surface area (Å²) in [6, 6.07) is 2.98. The number of nitrogens with one attached hydrogen (secondary N) is 2. The number of ketones is 1. The van der Waals surface area contributed by atoms with Crippen LogP contribution in [0.4, 0.5) is 11.4 Å². The van der Waals surface area contributed by atoms with E-state index in [0.29, 0.717) is 0 Å². The number of terminal acetylenes is 1. The predicted molar refractivity (Wildman–Crippen MR) is 81.9 cm³/mol. The maximum Gasteiger partial charge on any atom is 0.293 e. The van der Waals surface area contributed by atoms with Crippen LogP contribution in [-0.2, 0) is 9.59 Å². The van der Waals surface area contributed by atoms with E-state index in [-0.39, 0.29) is 12.2 Å². The van der Waals surface area contributed by atoms with Crippen LogP contribution in [0.2, 0.25) is 0 Å². The van der Waals surface area contributed by atoms with Gasteiger partial charge in [0.25, 0.3) is 17.4 Å². The second-order valence-corrected chi connectivity index (χ2v) is 4.14. The Morgan fingerprint density at radius 3 is 2.71 bits per heavy atom. The summed E-state index contributed by atoms with van der Waals surface area (Å²) in [4.78, 5) is 47.8. The number of amides is 2. The number of non-ortho nitro benzene ring substituents is 1. The Bertz CT molecular complexity index is 791. The standard InChI is InChI=1S/C13H10N6O5/c1-2-5-15-13(22)12(21)9-6-8(19(23)24)3-4-10(9)17-11(20)7-16-18-14/h1,3-4,6H,5,7H2,(H,15,22)(H,17,20). The van der Waals surface area contributed by atoms with Gasteiger partial charge in [-0.25, -0.2) is 0 Å². The first kappa shape index (κ1) is 18.1. The van der Waals surface area contributed by atoms with E-state index in [4.69, 9.17) is 12.0 Å². The van der Waals surface area contributed by atoms with Gasteiger partial charge in [0, 0.05) is 17.0 Å². The third-order valence-electron chi connectivity index (χ3n) is 2.57. The first-order valence-electron chi connectivity index (χ1n) is 6.25. The van der Waals surface area contributed by atoms with Crippen molar-refractivity contribution in [2.24, 2.45) is 5.11 Å². The molecule has 1 aromatic carbocycles. The molecule has 0 unspecified atom stereocenters. The second-order valence-electron chi connectivity index (χ2n) is 4.14. The van der Waals surface area contributed by atoms with Crippen LogP contribution in [0.15, 0.2) is 23.3 Å². The number of Topliss-reactive ketones (excluding diaryl/α,β-unsaturated/α-hetero) is 1. The minimum absolute atomic E-state index is 0.139. The van der Waals surface area contributed by atoms with Gasteiger partial charge < -0.3 is 10.6 Å². The van der Waals surface area contributed by atoms with Gasteiger partial charge in [-0.05, 0) is 11.6 Å². The predicted octanol–water partition coefficient (Wildman–Crippen LogP) is 0.776. The van der Waals surface area contributed by atoms with Gasteiger partial charge in [0.05, 0.1) is 22.7 Å². The summed E-state index contributed by atoms with van der Waals surface area (Å²) in [5, 5.41) is 18.2. The molecule has 0 aliphatic heterocycles. The Balaban J connectivity index is 3.19. The summed E-state index contributed by atoms with van der Waals surface area (Å²) in [6.07, 6.45) is 4.96. The third-order valence-corrected chi connectivity index (χ3v) is 2.57. The lowest BCUT2D eigenvalue weighted by atomic mass is 10.1. The zero-order chi connectivity index (χ0) is 18.1. The van der Waals surface area contributed by atoms with Crippen molar-refractivity contribution in [2.75, 3.05) is 18.4 Å². The van der Waals surface area contributed by atoms with Gasteiger partial charge in [0.15, 0.2) is 0 Å². The quantitative estimate of drug-likeness (QED) is 0.110. The molecule has 0 spiro atoms. The van der Waals surface area contributed by atoms with Gasteiger partial charge in [0.1, 0.15) is 6.54 Å². The summed E-state index contributed by atoms with van der Waals surface area (Å²) in [6.45, 7) is -0.761. The van der Waals surface area contributed by atoms with Gasteiger partial charge in [-0.3, -0.25) is 24.5 Å². The largest absolute Gasteiger partial charge is 0.338 e. The van der Waals surface area contributed by atoms with Crippen molar-refractivity contribution in [1.29, 1.82) is 0 Å². The average Bonchev–Trinajstić information content (AvgIpc) is 2.57. The molecule has 0 saturated heterocycles. The molecule has 0 saturated carbocycles. The van der Waals surface area contributed by atoms with E-state index in [9.17, 15) is 24.5 Å². The van der Waals surface area contributed by atoms with Crippen LogP contribution in [0.3, 0.4) is 0 Å². The molecule has 0 aliphatic carbocycles. The van der Waals surface area contributed by atoms with E-state index in [2.05, 4.69) is 26.6 Å². The number of carbonyl (C=O) groups excluding carboxylic acids is 3. The molecular formula is C13H10N6O5. The fraction of sp³-hybridized carbons (Fsp3) is 0.154. The van der Waals surface area contributed by atoms with Gasteiger partial charge in [-0.15, -0.1) is 6.42 Å². The third kappa shape index (κ3) is 4.83. The van der Waals surface area contributed by atoms with Crippen LogP contribution in [0.25, 0.3) is 10.4 Å². The highest BCUT2D eigenvalue weighted by atomic mass is 16.6. The maximum absolute atomic E-state index is 12.1. The molecular weight excluding hydrogens is 320 g/mol. The van der Waals surface area contributed by atoms with Crippen molar-refractivity contribution in [3.8, 4) is 12.3 Å². The molecule has 0 fully saturated rings. The molecule has 0 atom stereocenters. The second kappa shape index (κ2) is 8.52. The molecule has 0 heterocycles. The molecule has 1 rings (SSSR count). The lowest BCUT2D eigenvalue weighted by Crippen LogP contribution is -2.32. The SMILES string of the molecule is C#CCNC(=O)C(=O)c1cc([N+](=O)[O-])ccc1NC(=O)CN=[N+]=[N-]. The fourth-order valence-corrected chi connectivity index (χ4v) is 1.56. The van der Waals surface area contributed by atoms with Crippen molar-refractivity contribution in [2.45, 2.75) is 0 Å². The minimum Gasteiger partial charge on any atom is -0.338 e. The molecule has 0 aliphatic rings. The van der Waals surface area contributed by atoms with Gasteiger partial charge in [-0.2, -0.15) is 0 Å². The highest BCUT2D eigenvalue weighted by Crippen LogP contribution is 2.23. The van der Waals surface area contributed by atoms with E-state index in [0.717, 1.165) is 18.2 Å². The molecule has 0 aromatic heterocycles. The molecule has 11 heteroatoms. The van der Waals surface area contributed by atoms with E-state index < -0.39 is 40.3 Å². The monoisotopic (exact) mass is 330 g/mol. The van der Waals surface area contributed by atoms with Crippen molar-refractivity contribution in [3.63, 3.8) is 0 Å². The molecule has 1 aromatic rings. The first-order chi connectivity index (χ1) is 11.4. The number of hydrogen-bond acceptors (Lipinski definition) is 6. The molecule has 0 radical (unpaired) electrons. The summed E-state index contributed by atoms with van der Waals surface area (Å²) >= 11 is 0. The zero-order valence-corrected chi connectivity index (χ0v) is 12.1. The van der Waals surface area contributed by atoms with Gasteiger partial charge in [-0.1, -0.05) is 11.0 Å². The average molecular weight is 330 g/mol. The normalized spacial score (nSPS) is 9.12. The Morgan fingerprint density at radius 2 is 2.12 bits per heavy atom. The molecule has 122 valence electrons. The van der Waals surface area contributed by atoms with E-state index in [1.807, 2.05) is 0 Å². The first-order valence-corrected chi connectivity index (χ1v) is 6.25. The number of nitro benzene ring substituents is 1. The number of anilines is 1. The number of nitrogens with zero attached hydrogens (tertiary/aromatic N) is 4. The highest BCUT2D eigenvalue weighted by Gasteiger charge is 2.23. The van der Waals surface area contributed by atoms with Crippen LogP contribution in [0.5, 0.6) is 0 Å². The Labute approximate surface area is 134 Å². The van der Waals surface area contributed by atoms with Crippen LogP contribution in [0.1, 0.15) is 10.4 Å². The Hall–Kier alpha value is -3.90. The van der Waals surface area contributed by atoms with Gasteiger partial charge >= 0.3 is 0 Å². The molecule has 0 bridgehead atoms. The van der Waals surface area contributed by atoms with Gasteiger partial charge in [0.2, 0.25) is 5.91 Å². The Morgan fingerprint density at radius 1 is 1.42 bits per heavy atom. The lowest BCUT2D eigenvalue weighted by molar-refractivity contribution is -0.384. The van der Waals surface area contributed by atoms with Crippen LogP contribution in [-0.4, -0.2) is 35.6 Å². The maximum atomic E-state index is 12.1. The van der Waals surface area contributed by atoms with Crippen molar-refractivity contribution in [1.82, 2.24) is 5.32 Å². The highest BCUT2D eigenvalue weighted by molar-refractivity contribution is 6.44. The van der Waals surface area contributed by atoms with Crippen molar-refractivity contribution >= 4 is 29.0 Å². The van der Waals surface area contributed by atoms with Crippen LogP contribution in [0, 0.1) is 22.5 Å². The summed E-state index contributed by atoms with van der Waals surface area (Å²) in [5.74, 6) is -0.870. The Kier molecular flexibility index (Phi) is 6.44. The summed E-state index contributed by atoms with van der Waals surface area (Å²) in [7, 11) is 0. The van der Waals surface area contributed by atoms with Crippen LogP contribution >= 0.6 is 0 Å². The lowest BCUT2D eigenvalue weighted by Gasteiger charge is -2.09. The minimum atomic E-state index is -1.12. The van der Waals surface area contributed by atoms with E-state index >= 15 is 0 Å². The smallest absolute Gasteiger partial charge is 0.293 e. The van der Waals surface area contributed by atoms with Crippen molar-refractivity contribution < 1.29 is 19.3 Å². The van der Waals surface area contributed by atoms with E-state index in [1.54, 1.807) is 0 Å². The number of rotatable bonds is 7. The number of carbonyl (C=O) groups is 3. The topological polar surface area (TPSA) is 167 Å². The molecule has 2 N–H and O–H groups in total. The summed E-state index contributed by atoms with van der Waals surface area (Å²) in [5.41, 5.74) is 7.17. The van der Waals surface area contributed by atoms with Crippen LogP contribution < -0.4 is 10.6 Å². The number of nitro groups is 1. The zero-order valence-electron chi connectivity index (χ0n) is 12.1. The fourth-order valence-electron chi connectivity index (χ4n) is 1.56. The number of benzene rings is 1. The molecule has 24 heavy (non-hydrogen) atoms. The number of hydrogen-bond donors (Lipinski definition) is 2. The van der Waals surface area contributed by atoms with Crippen molar-refractivity contribution in [3.05, 3.63) is 44.3 Å². The molecule has 11 nitrogen and oxygen atoms in total. The number of azide groups is 1. The molecule has 2 amide bonds. The summed E-state index contributed by atoms with van der Waals surface area (Å²) < 4.78 is 0. The van der Waals surface area contributed by atoms with E-state index in [1.165, 1.54) is 0 Å².